The Kier molecular flexibility index (Phi) is 6.46. The molecular weight excluding hydrogens is 488 g/mol. The minimum absolute atomic E-state index is 0.120. The highest BCUT2D eigenvalue weighted by atomic mass is 35.5. The Hall–Kier alpha value is -3.40. The van der Waals surface area contributed by atoms with Gasteiger partial charge in [0.2, 0.25) is 5.88 Å². The molecule has 5 rings (SSSR count). The van der Waals surface area contributed by atoms with Crippen LogP contribution in [0.3, 0.4) is 0 Å². The van der Waals surface area contributed by atoms with Gasteiger partial charge in [-0.15, -0.1) is 10.2 Å². The zero-order valence-corrected chi connectivity index (χ0v) is 20.5. The van der Waals surface area contributed by atoms with Crippen molar-refractivity contribution in [2.24, 2.45) is 0 Å². The zero-order valence-electron chi connectivity index (χ0n) is 18.9. The van der Waals surface area contributed by atoms with E-state index >= 15 is 0 Å². The first kappa shape index (κ1) is 23.3. The highest BCUT2D eigenvalue weighted by molar-refractivity contribution is 7.92. The van der Waals surface area contributed by atoms with Crippen molar-refractivity contribution >= 4 is 43.8 Å². The van der Waals surface area contributed by atoms with Crippen molar-refractivity contribution in [2.45, 2.75) is 4.90 Å². The maximum absolute atomic E-state index is 13.2. The van der Waals surface area contributed by atoms with E-state index in [1.165, 1.54) is 12.1 Å². The quantitative estimate of drug-likeness (QED) is 0.405. The molecule has 2 heterocycles. The predicted octanol–water partition coefficient (Wildman–Crippen LogP) is 4.60. The first-order valence-corrected chi connectivity index (χ1v) is 12.9. The van der Waals surface area contributed by atoms with Crippen molar-refractivity contribution < 1.29 is 17.9 Å². The van der Waals surface area contributed by atoms with Gasteiger partial charge in [-0.2, -0.15) is 0 Å². The first-order chi connectivity index (χ1) is 17.0. The topological polar surface area (TPSA) is 93.7 Å². The van der Waals surface area contributed by atoms with Gasteiger partial charge in [0.15, 0.2) is 0 Å². The maximum Gasteiger partial charge on any atom is 0.261 e. The molecule has 0 aliphatic carbocycles. The third-order valence-corrected chi connectivity index (χ3v) is 7.47. The largest absolute Gasteiger partial charge is 0.479 e. The lowest BCUT2D eigenvalue weighted by Crippen LogP contribution is -2.36. The van der Waals surface area contributed by atoms with Crippen molar-refractivity contribution in [3.8, 4) is 17.1 Å². The summed E-state index contributed by atoms with van der Waals surface area (Å²) < 4.78 is 40.1. The predicted molar refractivity (Wildman–Crippen MR) is 137 cm³/mol. The molecule has 3 aromatic carbocycles. The summed E-state index contributed by atoms with van der Waals surface area (Å²) in [5, 5.41) is 10.8. The smallest absolute Gasteiger partial charge is 0.261 e. The van der Waals surface area contributed by atoms with Gasteiger partial charge in [0.25, 0.3) is 10.0 Å². The molecule has 1 aliphatic rings. The van der Waals surface area contributed by atoms with E-state index in [9.17, 15) is 8.42 Å². The number of ether oxygens (including phenoxy) is 2. The van der Waals surface area contributed by atoms with E-state index in [0.29, 0.717) is 48.6 Å². The molecule has 1 saturated heterocycles. The van der Waals surface area contributed by atoms with Crippen molar-refractivity contribution in [3.05, 3.63) is 71.8 Å². The fourth-order valence-electron chi connectivity index (χ4n) is 4.11. The summed E-state index contributed by atoms with van der Waals surface area (Å²) in [4.78, 5) is 2.22. The van der Waals surface area contributed by atoms with Crippen molar-refractivity contribution in [1.82, 2.24) is 10.2 Å². The van der Waals surface area contributed by atoms with Crippen LogP contribution in [0.2, 0.25) is 5.02 Å². The highest BCUT2D eigenvalue weighted by Crippen LogP contribution is 2.36. The number of aromatic nitrogens is 2. The second-order valence-corrected chi connectivity index (χ2v) is 10.1. The number of morpholine rings is 1. The number of halogens is 1. The summed E-state index contributed by atoms with van der Waals surface area (Å²) in [6.07, 6.45) is 0. The van der Waals surface area contributed by atoms with Gasteiger partial charge in [-0.25, -0.2) is 8.42 Å². The molecule has 0 spiro atoms. The van der Waals surface area contributed by atoms with Crippen molar-refractivity contribution in [3.63, 3.8) is 0 Å². The van der Waals surface area contributed by atoms with Gasteiger partial charge < -0.3 is 14.4 Å². The number of hydrogen-bond donors (Lipinski definition) is 1. The molecule has 0 saturated carbocycles. The van der Waals surface area contributed by atoms with Gasteiger partial charge in [0.05, 0.1) is 36.6 Å². The van der Waals surface area contributed by atoms with Crippen molar-refractivity contribution in [1.29, 1.82) is 0 Å². The van der Waals surface area contributed by atoms with Gasteiger partial charge >= 0.3 is 0 Å². The van der Waals surface area contributed by atoms with Crippen LogP contribution in [0.4, 0.5) is 11.4 Å². The molecule has 35 heavy (non-hydrogen) atoms. The number of nitrogens with one attached hydrogen (secondary N) is 1. The summed E-state index contributed by atoms with van der Waals surface area (Å²) in [6.45, 7) is 2.44. The number of rotatable bonds is 6. The molecule has 0 atom stereocenters. The SMILES string of the molecule is COc1nnc(-c2ccc(N3CCOCC3)c(NS(=O)(=O)c3ccc(Cl)cc3)c2)c2ccccc12. The average molecular weight is 511 g/mol. The molecule has 1 N–H and O–H groups in total. The van der Waals surface area contributed by atoms with Crippen LogP contribution in [-0.4, -0.2) is 52.0 Å². The van der Waals surface area contributed by atoms with Crippen LogP contribution in [0.15, 0.2) is 71.6 Å². The van der Waals surface area contributed by atoms with E-state index in [-0.39, 0.29) is 4.90 Å². The lowest BCUT2D eigenvalue weighted by Gasteiger charge is -2.31. The fourth-order valence-corrected chi connectivity index (χ4v) is 5.30. The monoisotopic (exact) mass is 510 g/mol. The molecule has 0 amide bonds. The summed E-state index contributed by atoms with van der Waals surface area (Å²) in [5.74, 6) is 0.429. The normalized spacial score (nSPS) is 14.2. The third-order valence-electron chi connectivity index (χ3n) is 5.84. The van der Waals surface area contributed by atoms with Crippen LogP contribution in [-0.2, 0) is 14.8 Å². The number of methoxy groups -OCH3 is 1. The molecule has 0 radical (unpaired) electrons. The van der Waals surface area contributed by atoms with Crippen LogP contribution in [0.1, 0.15) is 0 Å². The van der Waals surface area contributed by atoms with Crippen molar-refractivity contribution in [2.75, 3.05) is 43.0 Å². The lowest BCUT2D eigenvalue weighted by molar-refractivity contribution is 0.123. The van der Waals surface area contributed by atoms with Crippen LogP contribution >= 0.6 is 11.6 Å². The molecule has 180 valence electrons. The third kappa shape index (κ3) is 4.75. The number of fused-ring (bicyclic) bond motifs is 1. The maximum atomic E-state index is 13.2. The van der Waals surface area contributed by atoms with Gasteiger partial charge in [-0.05, 0) is 42.5 Å². The Balaban J connectivity index is 1.62. The highest BCUT2D eigenvalue weighted by Gasteiger charge is 2.22. The molecule has 8 nitrogen and oxygen atoms in total. The van der Waals surface area contributed by atoms with E-state index in [4.69, 9.17) is 21.1 Å². The summed E-state index contributed by atoms with van der Waals surface area (Å²) in [5.41, 5.74) is 2.56. The second-order valence-electron chi connectivity index (χ2n) is 7.99. The number of benzene rings is 3. The van der Waals surface area contributed by atoms with E-state index in [1.807, 2.05) is 36.4 Å². The molecule has 0 unspecified atom stereocenters. The molecule has 4 aromatic rings. The minimum atomic E-state index is -3.87. The van der Waals surface area contributed by atoms with E-state index in [0.717, 1.165) is 22.0 Å². The average Bonchev–Trinajstić information content (AvgIpc) is 2.88. The van der Waals surface area contributed by atoms with Gasteiger partial charge in [0.1, 0.15) is 5.69 Å². The lowest BCUT2D eigenvalue weighted by atomic mass is 10.0. The Morgan fingerprint density at radius 1 is 0.971 bits per heavy atom. The second kappa shape index (κ2) is 9.69. The molecule has 10 heteroatoms. The Morgan fingerprint density at radius 2 is 1.69 bits per heavy atom. The summed E-state index contributed by atoms with van der Waals surface area (Å²) in [7, 11) is -2.31. The minimum Gasteiger partial charge on any atom is -0.479 e. The number of hydrogen-bond acceptors (Lipinski definition) is 7. The molecule has 1 fully saturated rings. The summed E-state index contributed by atoms with van der Waals surface area (Å²) in [6, 6.07) is 19.4. The van der Waals surface area contributed by atoms with Crippen LogP contribution in [0.25, 0.3) is 22.0 Å². The Morgan fingerprint density at radius 3 is 2.40 bits per heavy atom. The molecule has 1 aromatic heterocycles. The molecule has 0 bridgehead atoms. The fraction of sp³-hybridized carbons (Fsp3) is 0.200. The number of anilines is 2. The van der Waals surface area contributed by atoms with Gasteiger partial charge in [-0.1, -0.05) is 35.9 Å². The van der Waals surface area contributed by atoms with Crippen LogP contribution in [0.5, 0.6) is 5.88 Å². The Labute approximate surface area is 208 Å². The van der Waals surface area contributed by atoms with Crippen LogP contribution in [0, 0.1) is 0 Å². The first-order valence-electron chi connectivity index (χ1n) is 11.0. The van der Waals surface area contributed by atoms with Gasteiger partial charge in [0, 0.05) is 34.4 Å². The Bertz CT molecular complexity index is 1470. The van der Waals surface area contributed by atoms with E-state index < -0.39 is 10.0 Å². The molecular formula is C25H23ClN4O4S. The van der Waals surface area contributed by atoms with E-state index in [1.54, 1.807) is 25.3 Å². The standard InChI is InChI=1S/C25H23ClN4O4S/c1-33-25-21-5-3-2-4-20(21)24(27-28-25)17-6-11-23(30-12-14-34-15-13-30)22(16-17)29-35(31,32)19-9-7-18(26)8-10-19/h2-11,16,29H,12-15H2,1H3. The van der Waals surface area contributed by atoms with E-state index in [2.05, 4.69) is 19.8 Å². The molecule has 1 aliphatic heterocycles. The zero-order chi connectivity index (χ0) is 24.4. The number of sulfonamides is 1. The van der Waals surface area contributed by atoms with Crippen LogP contribution < -0.4 is 14.4 Å². The summed E-state index contributed by atoms with van der Waals surface area (Å²) >= 11 is 5.95. The number of nitrogens with zero attached hydrogens (tertiary/aromatic N) is 3. The van der Waals surface area contributed by atoms with Gasteiger partial charge in [-0.3, -0.25) is 4.72 Å².